The minimum atomic E-state index is 0.260. The Labute approximate surface area is 128 Å². The van der Waals surface area contributed by atoms with Crippen LogP contribution < -0.4 is 0 Å². The Morgan fingerprint density at radius 2 is 2.05 bits per heavy atom. The maximum Gasteiger partial charge on any atom is 0.138 e. The smallest absolute Gasteiger partial charge is 0.138 e. The second-order valence-electron chi connectivity index (χ2n) is 5.41. The molecule has 0 spiro atoms. The summed E-state index contributed by atoms with van der Waals surface area (Å²) in [6, 6.07) is 8.54. The van der Waals surface area contributed by atoms with Crippen molar-refractivity contribution in [2.75, 3.05) is 7.05 Å². The first-order valence-corrected chi connectivity index (χ1v) is 7.85. The van der Waals surface area contributed by atoms with Gasteiger partial charge in [-0.2, -0.15) is 0 Å². The zero-order valence-electron chi connectivity index (χ0n) is 12.8. The van der Waals surface area contributed by atoms with Crippen molar-refractivity contribution in [2.24, 2.45) is 0 Å². The number of hydrogen-bond donors (Lipinski definition) is 0. The molecule has 4 nitrogen and oxygen atoms in total. The minimum Gasteiger partial charge on any atom is -0.361 e. The fraction of sp³-hybridized carbons (Fsp3) is 0.375. The van der Waals surface area contributed by atoms with Crippen LogP contribution in [0, 0.1) is 13.8 Å². The Balaban J connectivity index is 1.82. The van der Waals surface area contributed by atoms with E-state index in [1.165, 1.54) is 10.3 Å². The van der Waals surface area contributed by atoms with Crippen molar-refractivity contribution in [1.29, 1.82) is 0 Å². The van der Waals surface area contributed by atoms with Gasteiger partial charge in [0.2, 0.25) is 0 Å². The van der Waals surface area contributed by atoms with Gasteiger partial charge in [-0.1, -0.05) is 17.3 Å². The van der Waals surface area contributed by atoms with Gasteiger partial charge in [-0.05, 0) is 40.0 Å². The van der Waals surface area contributed by atoms with Gasteiger partial charge in [-0.25, -0.2) is 4.98 Å². The van der Waals surface area contributed by atoms with Gasteiger partial charge in [0.1, 0.15) is 10.8 Å². The number of rotatable bonds is 4. The summed E-state index contributed by atoms with van der Waals surface area (Å²) >= 11 is 1.76. The molecule has 21 heavy (non-hydrogen) atoms. The average Bonchev–Trinajstić information content (AvgIpc) is 3.04. The van der Waals surface area contributed by atoms with Gasteiger partial charge in [-0.3, -0.25) is 4.90 Å². The number of para-hydroxylation sites is 1. The number of aryl methyl sites for hydroxylation is 2. The fourth-order valence-corrected chi connectivity index (χ4v) is 3.46. The lowest BCUT2D eigenvalue weighted by molar-refractivity contribution is 0.250. The molecule has 0 N–H and O–H groups in total. The standard InChI is InChI=1S/C16H19N3OS/c1-10-13(12(3)20-18-10)9-19(4)11(2)16-17-14-7-5-6-8-15(14)21-16/h5-8,11H,9H2,1-4H3/t11-/m0/s1. The fourth-order valence-electron chi connectivity index (χ4n) is 2.37. The van der Waals surface area contributed by atoms with E-state index in [9.17, 15) is 0 Å². The van der Waals surface area contributed by atoms with E-state index in [4.69, 9.17) is 9.51 Å². The van der Waals surface area contributed by atoms with Crippen LogP contribution in [0.2, 0.25) is 0 Å². The number of aromatic nitrogens is 2. The van der Waals surface area contributed by atoms with E-state index in [0.717, 1.165) is 28.5 Å². The molecule has 3 aromatic rings. The molecule has 0 amide bonds. The number of nitrogens with zero attached hydrogens (tertiary/aromatic N) is 3. The first kappa shape index (κ1) is 14.2. The van der Waals surface area contributed by atoms with Crippen LogP contribution in [0.5, 0.6) is 0 Å². The highest BCUT2D eigenvalue weighted by molar-refractivity contribution is 7.18. The Morgan fingerprint density at radius 3 is 2.71 bits per heavy atom. The molecule has 0 aliphatic heterocycles. The summed E-state index contributed by atoms with van der Waals surface area (Å²) in [5.74, 6) is 0.899. The second kappa shape index (κ2) is 5.58. The molecule has 1 atom stereocenters. The first-order chi connectivity index (χ1) is 10.1. The molecule has 3 rings (SSSR count). The molecule has 0 saturated carbocycles. The van der Waals surface area contributed by atoms with Crippen LogP contribution >= 0.6 is 11.3 Å². The highest BCUT2D eigenvalue weighted by Crippen LogP contribution is 2.30. The molecule has 0 aliphatic carbocycles. The van der Waals surface area contributed by atoms with Crippen LogP contribution in [0.25, 0.3) is 10.2 Å². The molecule has 2 heterocycles. The van der Waals surface area contributed by atoms with Gasteiger partial charge in [0.05, 0.1) is 22.0 Å². The Morgan fingerprint density at radius 1 is 1.29 bits per heavy atom. The lowest BCUT2D eigenvalue weighted by atomic mass is 10.2. The van der Waals surface area contributed by atoms with Crippen LogP contribution in [0.3, 0.4) is 0 Å². The Kier molecular flexibility index (Phi) is 3.78. The molecule has 0 aliphatic rings. The predicted octanol–water partition coefficient (Wildman–Crippen LogP) is 4.09. The molecule has 0 fully saturated rings. The Bertz CT molecular complexity index is 709. The van der Waals surface area contributed by atoms with E-state index in [2.05, 4.69) is 42.2 Å². The normalized spacial score (nSPS) is 13.2. The van der Waals surface area contributed by atoms with E-state index in [-0.39, 0.29) is 6.04 Å². The third kappa shape index (κ3) is 2.71. The van der Waals surface area contributed by atoms with E-state index < -0.39 is 0 Å². The van der Waals surface area contributed by atoms with Gasteiger partial charge in [0.25, 0.3) is 0 Å². The van der Waals surface area contributed by atoms with Crippen LogP contribution in [0.15, 0.2) is 28.8 Å². The van der Waals surface area contributed by atoms with Crippen molar-refractivity contribution in [1.82, 2.24) is 15.0 Å². The monoisotopic (exact) mass is 301 g/mol. The number of thiazole rings is 1. The molecular formula is C16H19N3OS. The number of benzene rings is 1. The lowest BCUT2D eigenvalue weighted by Gasteiger charge is -2.22. The minimum absolute atomic E-state index is 0.260. The van der Waals surface area contributed by atoms with Crippen molar-refractivity contribution in [3.63, 3.8) is 0 Å². The number of fused-ring (bicyclic) bond motifs is 1. The van der Waals surface area contributed by atoms with E-state index in [1.807, 2.05) is 19.9 Å². The van der Waals surface area contributed by atoms with E-state index >= 15 is 0 Å². The highest BCUT2D eigenvalue weighted by atomic mass is 32.1. The maximum absolute atomic E-state index is 5.24. The second-order valence-corrected chi connectivity index (χ2v) is 6.48. The summed E-state index contributed by atoms with van der Waals surface area (Å²) in [5.41, 5.74) is 3.22. The predicted molar refractivity (Wildman–Crippen MR) is 85.5 cm³/mol. The summed E-state index contributed by atoms with van der Waals surface area (Å²) in [6.07, 6.45) is 0. The van der Waals surface area contributed by atoms with Crippen molar-refractivity contribution in [3.8, 4) is 0 Å². The highest BCUT2D eigenvalue weighted by Gasteiger charge is 2.19. The van der Waals surface area contributed by atoms with Crippen molar-refractivity contribution in [3.05, 3.63) is 46.3 Å². The average molecular weight is 301 g/mol. The molecule has 110 valence electrons. The van der Waals surface area contributed by atoms with Gasteiger partial charge in [0.15, 0.2) is 0 Å². The topological polar surface area (TPSA) is 42.2 Å². The molecule has 0 saturated heterocycles. The van der Waals surface area contributed by atoms with Gasteiger partial charge in [0, 0.05) is 12.1 Å². The largest absolute Gasteiger partial charge is 0.361 e. The SMILES string of the molecule is Cc1noc(C)c1CN(C)[C@@H](C)c1nc2ccccc2s1. The molecule has 1 aromatic carbocycles. The van der Waals surface area contributed by atoms with Crippen LogP contribution in [0.4, 0.5) is 0 Å². The van der Waals surface area contributed by atoms with Crippen molar-refractivity contribution >= 4 is 21.6 Å². The summed E-state index contributed by atoms with van der Waals surface area (Å²) in [6.45, 7) is 6.96. The zero-order valence-corrected chi connectivity index (χ0v) is 13.6. The molecule has 0 radical (unpaired) electrons. The molecule has 2 aromatic heterocycles. The van der Waals surface area contributed by atoms with Crippen molar-refractivity contribution < 1.29 is 4.52 Å². The van der Waals surface area contributed by atoms with Gasteiger partial charge < -0.3 is 4.52 Å². The third-order valence-electron chi connectivity index (χ3n) is 3.92. The zero-order chi connectivity index (χ0) is 15.0. The van der Waals surface area contributed by atoms with Gasteiger partial charge in [-0.15, -0.1) is 11.3 Å². The summed E-state index contributed by atoms with van der Waals surface area (Å²) in [7, 11) is 2.11. The summed E-state index contributed by atoms with van der Waals surface area (Å²) in [4.78, 5) is 7.03. The van der Waals surface area contributed by atoms with E-state index in [1.54, 1.807) is 11.3 Å². The van der Waals surface area contributed by atoms with Gasteiger partial charge >= 0.3 is 0 Å². The maximum atomic E-state index is 5.24. The Hall–Kier alpha value is -1.72. The molecular weight excluding hydrogens is 282 g/mol. The number of hydrogen-bond acceptors (Lipinski definition) is 5. The van der Waals surface area contributed by atoms with Crippen LogP contribution in [0.1, 0.15) is 35.0 Å². The summed E-state index contributed by atoms with van der Waals surface area (Å²) in [5, 5.41) is 5.17. The first-order valence-electron chi connectivity index (χ1n) is 7.03. The van der Waals surface area contributed by atoms with E-state index in [0.29, 0.717) is 0 Å². The van der Waals surface area contributed by atoms with Crippen molar-refractivity contribution in [2.45, 2.75) is 33.4 Å². The molecule has 5 heteroatoms. The summed E-state index contributed by atoms with van der Waals surface area (Å²) < 4.78 is 6.48. The molecule has 0 unspecified atom stereocenters. The van der Waals surface area contributed by atoms with Crippen LogP contribution in [-0.2, 0) is 6.54 Å². The molecule has 0 bridgehead atoms. The lowest BCUT2D eigenvalue weighted by Crippen LogP contribution is -2.22. The van der Waals surface area contributed by atoms with Crippen LogP contribution in [-0.4, -0.2) is 22.1 Å². The third-order valence-corrected chi connectivity index (χ3v) is 5.12. The quantitative estimate of drug-likeness (QED) is 0.728.